The van der Waals surface area contributed by atoms with Crippen LogP contribution in [-0.4, -0.2) is 147 Å². The van der Waals surface area contributed by atoms with Crippen LogP contribution in [0.2, 0.25) is 0 Å². The molecule has 69 heavy (non-hydrogen) atoms. The quantitative estimate of drug-likeness (QED) is 0.0237. The topological polar surface area (TPSA) is 367 Å². The van der Waals surface area contributed by atoms with Crippen LogP contribution in [-0.2, 0) is 29.8 Å². The van der Waals surface area contributed by atoms with Crippen molar-refractivity contribution in [2.24, 2.45) is 11.5 Å². The van der Waals surface area contributed by atoms with Gasteiger partial charge in [-0.1, -0.05) is 60.7 Å². The number of primary amides is 2. The molecule has 6 aromatic rings. The van der Waals surface area contributed by atoms with Crippen LogP contribution in [0.3, 0.4) is 0 Å². The number of rotatable bonds is 24. The van der Waals surface area contributed by atoms with Gasteiger partial charge in [0.2, 0.25) is 47.5 Å². The van der Waals surface area contributed by atoms with Crippen LogP contribution in [0.5, 0.6) is 0 Å². The van der Waals surface area contributed by atoms with Crippen LogP contribution in [0.1, 0.15) is 24.0 Å². The van der Waals surface area contributed by atoms with Gasteiger partial charge in [0.1, 0.15) is 9.79 Å². The molecular weight excluding hydrogens is 948 g/mol. The fourth-order valence-corrected chi connectivity index (χ4v) is 7.70. The van der Waals surface area contributed by atoms with E-state index in [-0.39, 0.29) is 140 Å². The summed E-state index contributed by atoms with van der Waals surface area (Å²) >= 11 is 0. The van der Waals surface area contributed by atoms with E-state index in [1.165, 1.54) is 46.2 Å². The summed E-state index contributed by atoms with van der Waals surface area (Å²) in [5.74, 6) is -1.25. The predicted molar refractivity (Wildman–Crippen MR) is 259 cm³/mol. The number of benzene rings is 4. The second kappa shape index (κ2) is 24.4. The number of aromatic nitrogens is 6. The molecule has 0 unspecified atom stereocenters. The van der Waals surface area contributed by atoms with Crippen LogP contribution in [0.4, 0.5) is 58.4 Å². The van der Waals surface area contributed by atoms with Crippen molar-refractivity contribution < 1.29 is 45.7 Å². The number of nitrogens with zero attached hydrogens (tertiary/aromatic N) is 8. The minimum atomic E-state index is -4.95. The Morgan fingerprint density at radius 1 is 0.507 bits per heavy atom. The minimum Gasteiger partial charge on any atom is -0.395 e. The van der Waals surface area contributed by atoms with Crippen LogP contribution in [0, 0.1) is 0 Å². The molecule has 12 N–H and O–H groups in total. The predicted octanol–water partition coefficient (Wildman–Crippen LogP) is 2.66. The summed E-state index contributed by atoms with van der Waals surface area (Å²) in [5, 5.41) is 31.3. The van der Waals surface area contributed by atoms with Crippen molar-refractivity contribution in [3.63, 3.8) is 0 Å². The molecule has 0 atom stereocenters. The molecule has 0 aliphatic heterocycles. The Kier molecular flexibility index (Phi) is 18.8. The molecule has 4 aromatic carbocycles. The first-order valence-corrected chi connectivity index (χ1v) is 23.2. The zero-order valence-corrected chi connectivity index (χ0v) is 40.5. The van der Waals surface area contributed by atoms with E-state index in [1.807, 2.05) is 0 Å². The standard InChI is InChI=1S/C42H46N14O10S2.Na/c43-35(59)17-19-55(21-23-57)41-51-37(45-29-7-3-1-4-8-29)49-39(53-41)47-31-15-13-27(33(25-31)67(61,62)63)11-12-28-14-16-32(26-34(28)68(64,65)66)48-40-50-38(46-30-9-5-2-6-10-30)52-42(54-40)56(22-24-58)20-18-36(44)60;/h1-16,25-26,57-58H,17-24H2,(H2,43,59)(H2,44,60)(H,61,62,63)(H,64,65,66)(H2,45,47,49,51,53)(H2,46,48,50,52,54);. The monoisotopic (exact) mass is 993 g/mol. The first kappa shape index (κ1) is 53.1. The Morgan fingerprint density at radius 3 is 1.14 bits per heavy atom. The molecule has 1 radical (unpaired) electrons. The Hall–Kier alpha value is -6.88. The third-order valence-electron chi connectivity index (χ3n) is 9.41. The summed E-state index contributed by atoms with van der Waals surface area (Å²) in [4.78, 5) is 51.5. The maximum atomic E-state index is 12.8. The Bertz CT molecular complexity index is 2800. The van der Waals surface area contributed by atoms with E-state index in [9.17, 15) is 45.7 Å². The summed E-state index contributed by atoms with van der Waals surface area (Å²) in [6, 6.07) is 25.4. The number of anilines is 10. The summed E-state index contributed by atoms with van der Waals surface area (Å²) < 4.78 is 71.8. The van der Waals surface area contributed by atoms with E-state index in [1.54, 1.807) is 60.7 Å². The van der Waals surface area contributed by atoms with Crippen LogP contribution < -0.4 is 42.5 Å². The van der Waals surface area contributed by atoms with Crippen LogP contribution in [0.15, 0.2) is 107 Å². The largest absolute Gasteiger partial charge is 0.395 e. The van der Waals surface area contributed by atoms with Crippen molar-refractivity contribution in [3.8, 4) is 0 Å². The van der Waals surface area contributed by atoms with Crippen molar-refractivity contribution in [2.75, 3.05) is 70.5 Å². The van der Waals surface area contributed by atoms with Crippen LogP contribution >= 0.6 is 0 Å². The first-order chi connectivity index (χ1) is 32.5. The minimum absolute atomic E-state index is 0. The molecule has 0 aliphatic carbocycles. The molecule has 2 aromatic heterocycles. The molecular formula is C42H46N14NaO10S2. The number of nitrogens with one attached hydrogen (secondary N) is 4. The third kappa shape index (κ3) is 15.8. The van der Waals surface area contributed by atoms with Crippen molar-refractivity contribution in [1.82, 2.24) is 29.9 Å². The summed E-state index contributed by atoms with van der Waals surface area (Å²) in [6.45, 7) is -0.498. The van der Waals surface area contributed by atoms with Gasteiger partial charge in [0.05, 0.1) is 13.2 Å². The molecule has 24 nitrogen and oxygen atoms in total. The molecule has 0 bridgehead atoms. The molecule has 0 saturated carbocycles. The van der Waals surface area contributed by atoms with Crippen molar-refractivity contribution in [3.05, 3.63) is 108 Å². The van der Waals surface area contributed by atoms with Gasteiger partial charge in [-0.05, 0) is 59.7 Å². The molecule has 0 saturated heterocycles. The van der Waals surface area contributed by atoms with Gasteiger partial charge in [0.15, 0.2) is 0 Å². The number of aliphatic hydroxyl groups excluding tert-OH is 2. The van der Waals surface area contributed by atoms with Gasteiger partial charge in [-0.25, -0.2) is 0 Å². The van der Waals surface area contributed by atoms with Crippen molar-refractivity contribution >= 4 is 132 Å². The number of nitrogens with two attached hydrogens (primary N) is 2. The summed E-state index contributed by atoms with van der Waals surface area (Å²) in [6.07, 6.45) is 2.25. The number of carbonyl (C=O) groups is 2. The van der Waals surface area contributed by atoms with Gasteiger partial charge in [-0.15, -0.1) is 0 Å². The molecule has 6 rings (SSSR count). The smallest absolute Gasteiger partial charge is 0.295 e. The number of hydrogen-bond acceptors (Lipinski definition) is 20. The number of aliphatic hydroxyl groups is 2. The number of hydrogen-bond donors (Lipinski definition) is 10. The molecule has 2 heterocycles. The van der Waals surface area contributed by atoms with Crippen molar-refractivity contribution in [1.29, 1.82) is 0 Å². The van der Waals surface area contributed by atoms with Gasteiger partial charge < -0.3 is 52.7 Å². The molecule has 0 spiro atoms. The van der Waals surface area contributed by atoms with E-state index < -0.39 is 41.8 Å². The van der Waals surface area contributed by atoms with Gasteiger partial charge >= 0.3 is 0 Å². The SMILES string of the molecule is NC(=O)CCN(CCO)c1nc(Nc2ccccc2)nc(Nc2ccc(C=Cc3ccc(Nc4nc(Nc5ccccc5)nc(N(CCO)CCC(N)=O)n4)cc3S(=O)(=O)O)c(S(=O)(=O)O)c2)n1.[Na]. The molecule has 2 amide bonds. The Morgan fingerprint density at radius 2 is 0.841 bits per heavy atom. The zero-order valence-electron chi connectivity index (χ0n) is 36.8. The Labute approximate surface area is 418 Å². The van der Waals surface area contributed by atoms with E-state index in [0.717, 1.165) is 12.1 Å². The number of para-hydroxylation sites is 2. The van der Waals surface area contributed by atoms with E-state index in [0.29, 0.717) is 11.4 Å². The summed E-state index contributed by atoms with van der Waals surface area (Å²) in [5.41, 5.74) is 11.9. The molecule has 0 aliphatic rings. The fraction of sp³-hybridized carbons (Fsp3) is 0.190. The van der Waals surface area contributed by atoms with Gasteiger partial charge in [0.25, 0.3) is 20.2 Å². The number of amides is 2. The fourth-order valence-electron chi connectivity index (χ4n) is 6.28. The maximum Gasteiger partial charge on any atom is 0.295 e. The maximum absolute atomic E-state index is 12.8. The third-order valence-corrected chi connectivity index (χ3v) is 11.2. The molecule has 27 heteroatoms. The van der Waals surface area contributed by atoms with Gasteiger partial charge in [-0.2, -0.15) is 46.7 Å². The van der Waals surface area contributed by atoms with Crippen LogP contribution in [0.25, 0.3) is 12.2 Å². The normalized spacial score (nSPS) is 11.4. The second-order valence-corrected chi connectivity index (χ2v) is 17.2. The summed E-state index contributed by atoms with van der Waals surface area (Å²) in [7, 11) is -9.90. The van der Waals surface area contributed by atoms with Crippen molar-refractivity contribution in [2.45, 2.75) is 22.6 Å². The molecule has 0 fully saturated rings. The van der Waals surface area contributed by atoms with Gasteiger partial charge in [-0.3, -0.25) is 18.7 Å². The van der Waals surface area contributed by atoms with E-state index in [4.69, 9.17) is 11.5 Å². The average molecular weight is 994 g/mol. The second-order valence-electron chi connectivity index (χ2n) is 14.4. The average Bonchev–Trinajstić information content (AvgIpc) is 3.28. The van der Waals surface area contributed by atoms with E-state index in [2.05, 4.69) is 51.2 Å². The first-order valence-electron chi connectivity index (χ1n) is 20.4. The van der Waals surface area contributed by atoms with Gasteiger partial charge in [0, 0.05) is 91.3 Å². The molecule has 357 valence electrons. The van der Waals surface area contributed by atoms with E-state index >= 15 is 0 Å². The Balaban J connectivity index is 0.00000888. The number of carbonyl (C=O) groups excluding carboxylic acids is 2. The zero-order chi connectivity index (χ0) is 48.8.